The zero-order valence-corrected chi connectivity index (χ0v) is 19.3. The molecule has 4 heteroatoms. The Morgan fingerprint density at radius 1 is 0.636 bits per heavy atom. The third-order valence-electron chi connectivity index (χ3n) is 5.55. The van der Waals surface area contributed by atoms with Gasteiger partial charge in [-0.3, -0.25) is 9.69 Å². The molecule has 0 fully saturated rings. The van der Waals surface area contributed by atoms with Crippen LogP contribution in [-0.4, -0.2) is 19.0 Å². The summed E-state index contributed by atoms with van der Waals surface area (Å²) in [5.41, 5.74) is 4.31. The van der Waals surface area contributed by atoms with Crippen molar-refractivity contribution in [1.82, 2.24) is 5.32 Å². The standard InChI is InChI=1S/C29H28N2O.ClH/c32-29(31(26-17-9-3-10-18-26)27-19-11-4-12-20-27)21-22-30-23-28(24-13-5-1-6-14-24)25-15-7-2-8-16-25;/h1-20,28,30H,21-23H2;1H. The van der Waals surface area contributed by atoms with Crippen molar-refractivity contribution >= 4 is 29.7 Å². The third kappa shape index (κ3) is 6.55. The van der Waals surface area contributed by atoms with Crippen LogP contribution in [0.3, 0.4) is 0 Å². The van der Waals surface area contributed by atoms with E-state index >= 15 is 0 Å². The largest absolute Gasteiger partial charge is 0.315 e. The predicted molar refractivity (Wildman–Crippen MR) is 139 cm³/mol. The second kappa shape index (κ2) is 12.6. The molecule has 0 heterocycles. The average Bonchev–Trinajstić information content (AvgIpc) is 2.87. The van der Waals surface area contributed by atoms with Gasteiger partial charge >= 0.3 is 0 Å². The molecule has 0 spiro atoms. The number of anilines is 2. The molecule has 0 bridgehead atoms. The second-order valence-corrected chi connectivity index (χ2v) is 7.73. The van der Waals surface area contributed by atoms with Gasteiger partial charge in [0.2, 0.25) is 5.91 Å². The molecule has 0 aliphatic rings. The lowest BCUT2D eigenvalue weighted by molar-refractivity contribution is -0.117. The number of halogens is 1. The van der Waals surface area contributed by atoms with Gasteiger partial charge in [-0.1, -0.05) is 97.1 Å². The van der Waals surface area contributed by atoms with E-state index in [-0.39, 0.29) is 24.2 Å². The lowest BCUT2D eigenvalue weighted by Crippen LogP contribution is -2.31. The molecule has 168 valence electrons. The molecule has 0 unspecified atom stereocenters. The first kappa shape index (κ1) is 24.2. The fourth-order valence-corrected chi connectivity index (χ4v) is 3.94. The maximum Gasteiger partial charge on any atom is 0.232 e. The minimum Gasteiger partial charge on any atom is -0.315 e. The van der Waals surface area contributed by atoms with Gasteiger partial charge < -0.3 is 5.32 Å². The zero-order valence-electron chi connectivity index (χ0n) is 18.5. The van der Waals surface area contributed by atoms with Crippen LogP contribution < -0.4 is 10.2 Å². The van der Waals surface area contributed by atoms with Gasteiger partial charge in [0.25, 0.3) is 0 Å². The van der Waals surface area contributed by atoms with E-state index in [2.05, 4.69) is 53.8 Å². The maximum absolute atomic E-state index is 13.2. The van der Waals surface area contributed by atoms with Crippen LogP contribution in [0.5, 0.6) is 0 Å². The Morgan fingerprint density at radius 2 is 1.03 bits per heavy atom. The van der Waals surface area contributed by atoms with Crippen molar-refractivity contribution in [2.45, 2.75) is 12.3 Å². The Morgan fingerprint density at radius 3 is 1.45 bits per heavy atom. The van der Waals surface area contributed by atoms with Gasteiger partial charge in [-0.25, -0.2) is 0 Å². The Hall–Kier alpha value is -3.40. The van der Waals surface area contributed by atoms with Crippen LogP contribution in [0, 0.1) is 0 Å². The normalized spacial score (nSPS) is 10.5. The summed E-state index contributed by atoms with van der Waals surface area (Å²) >= 11 is 0. The number of nitrogens with zero attached hydrogens (tertiary/aromatic N) is 1. The van der Waals surface area contributed by atoms with Gasteiger partial charge in [0, 0.05) is 36.8 Å². The molecule has 1 N–H and O–H groups in total. The van der Waals surface area contributed by atoms with Crippen molar-refractivity contribution in [2.75, 3.05) is 18.0 Å². The molecule has 4 aromatic rings. The molecule has 0 saturated heterocycles. The highest BCUT2D eigenvalue weighted by molar-refractivity contribution is 6.00. The van der Waals surface area contributed by atoms with Crippen LogP contribution >= 0.6 is 12.4 Å². The highest BCUT2D eigenvalue weighted by atomic mass is 35.5. The summed E-state index contributed by atoms with van der Waals surface area (Å²) in [5, 5.41) is 3.52. The Bertz CT molecular complexity index is 1010. The van der Waals surface area contributed by atoms with Crippen LogP contribution in [-0.2, 0) is 4.79 Å². The monoisotopic (exact) mass is 456 g/mol. The summed E-state index contributed by atoms with van der Waals surface area (Å²) in [6.45, 7) is 1.39. The van der Waals surface area contributed by atoms with Crippen molar-refractivity contribution < 1.29 is 4.79 Å². The maximum atomic E-state index is 13.2. The summed E-state index contributed by atoms with van der Waals surface area (Å²) in [6.07, 6.45) is 0.417. The quantitative estimate of drug-likeness (QED) is 0.288. The fourth-order valence-electron chi connectivity index (χ4n) is 3.94. The molecule has 0 aliphatic heterocycles. The van der Waals surface area contributed by atoms with E-state index in [1.54, 1.807) is 4.90 Å². The van der Waals surface area contributed by atoms with Crippen molar-refractivity contribution in [2.24, 2.45) is 0 Å². The number of amides is 1. The number of hydrogen-bond donors (Lipinski definition) is 1. The Labute approximate surface area is 202 Å². The lowest BCUT2D eigenvalue weighted by atomic mass is 9.91. The van der Waals surface area contributed by atoms with Gasteiger partial charge in [-0.05, 0) is 35.4 Å². The number of hydrogen-bond acceptors (Lipinski definition) is 2. The number of para-hydroxylation sites is 2. The summed E-state index contributed by atoms with van der Waals surface area (Å²) < 4.78 is 0. The number of nitrogens with one attached hydrogen (secondary N) is 1. The second-order valence-electron chi connectivity index (χ2n) is 7.73. The molecule has 0 atom stereocenters. The van der Waals surface area contributed by atoms with Gasteiger partial charge in [-0.15, -0.1) is 12.4 Å². The van der Waals surface area contributed by atoms with E-state index in [1.165, 1.54) is 11.1 Å². The van der Waals surface area contributed by atoms with Crippen molar-refractivity contribution in [1.29, 1.82) is 0 Å². The molecule has 1 amide bonds. The molecule has 0 aliphatic carbocycles. The van der Waals surface area contributed by atoms with Crippen molar-refractivity contribution in [3.05, 3.63) is 132 Å². The summed E-state index contributed by atoms with van der Waals surface area (Å²) in [4.78, 5) is 15.0. The molecule has 4 rings (SSSR count). The van der Waals surface area contributed by atoms with Crippen LogP contribution in [0.4, 0.5) is 11.4 Å². The molecular formula is C29H29ClN2O. The molecular weight excluding hydrogens is 428 g/mol. The average molecular weight is 457 g/mol. The van der Waals surface area contributed by atoms with E-state index in [4.69, 9.17) is 0 Å². The summed E-state index contributed by atoms with van der Waals surface area (Å²) in [6, 6.07) is 40.7. The third-order valence-corrected chi connectivity index (χ3v) is 5.55. The topological polar surface area (TPSA) is 32.3 Å². The zero-order chi connectivity index (χ0) is 22.0. The van der Waals surface area contributed by atoms with E-state index < -0.39 is 0 Å². The molecule has 0 aromatic heterocycles. The number of carbonyl (C=O) groups is 1. The SMILES string of the molecule is Cl.O=C(CCNCC(c1ccccc1)c1ccccc1)N(c1ccccc1)c1ccccc1. The van der Waals surface area contributed by atoms with Gasteiger partial charge in [-0.2, -0.15) is 0 Å². The first-order valence-corrected chi connectivity index (χ1v) is 11.1. The van der Waals surface area contributed by atoms with Crippen LogP contribution in [0.25, 0.3) is 0 Å². The van der Waals surface area contributed by atoms with Gasteiger partial charge in [0.15, 0.2) is 0 Å². The Balaban J connectivity index is 0.00000306. The molecule has 3 nitrogen and oxygen atoms in total. The molecule has 0 saturated carbocycles. The molecule has 33 heavy (non-hydrogen) atoms. The van der Waals surface area contributed by atoms with Crippen molar-refractivity contribution in [3.63, 3.8) is 0 Å². The minimum atomic E-state index is 0. The Kier molecular flexibility index (Phi) is 9.25. The lowest BCUT2D eigenvalue weighted by Gasteiger charge is -2.24. The van der Waals surface area contributed by atoms with E-state index in [0.717, 1.165) is 17.9 Å². The predicted octanol–water partition coefficient (Wildman–Crippen LogP) is 6.58. The van der Waals surface area contributed by atoms with Gasteiger partial charge in [0.05, 0.1) is 0 Å². The fraction of sp³-hybridized carbons (Fsp3) is 0.138. The molecule has 0 radical (unpaired) electrons. The first-order valence-electron chi connectivity index (χ1n) is 11.1. The van der Waals surface area contributed by atoms with Gasteiger partial charge in [0.1, 0.15) is 0 Å². The van der Waals surface area contributed by atoms with E-state index in [9.17, 15) is 4.79 Å². The minimum absolute atomic E-state index is 0. The van der Waals surface area contributed by atoms with Crippen molar-refractivity contribution in [3.8, 4) is 0 Å². The highest BCUT2D eigenvalue weighted by Gasteiger charge is 2.18. The number of rotatable bonds is 9. The first-order chi connectivity index (χ1) is 15.8. The summed E-state index contributed by atoms with van der Waals surface area (Å²) in [5.74, 6) is 0.317. The van der Waals surface area contributed by atoms with E-state index in [1.807, 2.05) is 72.8 Å². The number of carbonyl (C=O) groups excluding carboxylic acids is 1. The van der Waals surface area contributed by atoms with E-state index in [0.29, 0.717) is 13.0 Å². The highest BCUT2D eigenvalue weighted by Crippen LogP contribution is 2.26. The van der Waals surface area contributed by atoms with Crippen LogP contribution in [0.2, 0.25) is 0 Å². The number of benzene rings is 4. The smallest absolute Gasteiger partial charge is 0.232 e. The summed E-state index contributed by atoms with van der Waals surface area (Å²) in [7, 11) is 0. The van der Waals surface area contributed by atoms with Crippen LogP contribution in [0.1, 0.15) is 23.5 Å². The van der Waals surface area contributed by atoms with Crippen LogP contribution in [0.15, 0.2) is 121 Å². The molecule has 4 aromatic carbocycles.